The number of aromatic nitrogens is 2. The largest absolute Gasteiger partial charge is 0.503 e. The Hall–Kier alpha value is -2.79. The minimum Gasteiger partial charge on any atom is -0.503 e. The van der Waals surface area contributed by atoms with E-state index in [1.807, 2.05) is 6.07 Å². The predicted molar refractivity (Wildman–Crippen MR) is 91.0 cm³/mol. The van der Waals surface area contributed by atoms with E-state index in [9.17, 15) is 9.90 Å². The summed E-state index contributed by atoms with van der Waals surface area (Å²) >= 11 is 5.95. The van der Waals surface area contributed by atoms with E-state index in [0.29, 0.717) is 22.3 Å². The van der Waals surface area contributed by atoms with Crippen LogP contribution in [0.4, 0.5) is 0 Å². The predicted octanol–water partition coefficient (Wildman–Crippen LogP) is 3.46. The summed E-state index contributed by atoms with van der Waals surface area (Å²) < 4.78 is 5.05. The highest BCUT2D eigenvalue weighted by atomic mass is 35.5. The number of fused-ring (bicyclic) bond motifs is 1. The molecule has 0 atom stereocenters. The van der Waals surface area contributed by atoms with Gasteiger partial charge in [-0.15, -0.1) is 0 Å². The quantitative estimate of drug-likeness (QED) is 0.772. The number of benzene rings is 2. The normalized spacial score (nSPS) is 11.2. The minimum atomic E-state index is -0.198. The van der Waals surface area contributed by atoms with E-state index in [1.165, 1.54) is 7.11 Å². The number of ether oxygens (including phenoxy) is 1. The summed E-state index contributed by atoms with van der Waals surface area (Å²) in [7, 11) is 1.45. The summed E-state index contributed by atoms with van der Waals surface area (Å²) in [4.78, 5) is 19.1. The van der Waals surface area contributed by atoms with Crippen molar-refractivity contribution in [2.75, 3.05) is 7.11 Å². The second-order valence-electron chi connectivity index (χ2n) is 4.86. The molecular weight excluding hydrogens is 316 g/mol. The maximum Gasteiger partial charge on any atom is 0.259 e. The van der Waals surface area contributed by atoms with Crippen LogP contribution >= 0.6 is 11.6 Å². The Kier molecular flexibility index (Phi) is 4.04. The SMILES string of the molecule is COc1cc(/C=C/c2nc3ccccc3c(=O)[nH]2)cc(Cl)c1O. The van der Waals surface area contributed by atoms with Gasteiger partial charge < -0.3 is 14.8 Å². The first-order chi connectivity index (χ1) is 11.1. The van der Waals surface area contributed by atoms with Crippen LogP contribution in [0.5, 0.6) is 11.5 Å². The van der Waals surface area contributed by atoms with Gasteiger partial charge in [0.25, 0.3) is 5.56 Å². The van der Waals surface area contributed by atoms with Gasteiger partial charge in [-0.2, -0.15) is 0 Å². The van der Waals surface area contributed by atoms with E-state index in [0.717, 1.165) is 0 Å². The number of phenolic OH excluding ortho intramolecular Hbond substituents is 1. The van der Waals surface area contributed by atoms with Gasteiger partial charge in [-0.3, -0.25) is 4.79 Å². The van der Waals surface area contributed by atoms with E-state index in [4.69, 9.17) is 16.3 Å². The number of aromatic hydroxyl groups is 1. The Morgan fingerprint density at radius 3 is 2.83 bits per heavy atom. The third-order valence-electron chi connectivity index (χ3n) is 3.34. The number of aromatic amines is 1. The van der Waals surface area contributed by atoms with Crippen LogP contribution in [-0.4, -0.2) is 22.2 Å². The van der Waals surface area contributed by atoms with Crippen LogP contribution < -0.4 is 10.3 Å². The molecule has 6 heteroatoms. The standard InChI is InChI=1S/C17H13ClN2O3/c1-23-14-9-10(8-12(18)16(14)21)6-7-15-19-13-5-3-2-4-11(13)17(22)20-15/h2-9,21H,1H3,(H,19,20,22)/b7-6+. The summed E-state index contributed by atoms with van der Waals surface area (Å²) in [6, 6.07) is 10.3. The smallest absolute Gasteiger partial charge is 0.259 e. The molecule has 0 aliphatic carbocycles. The molecule has 3 rings (SSSR count). The Balaban J connectivity index is 2.00. The van der Waals surface area contributed by atoms with Crippen LogP contribution in [0.2, 0.25) is 5.02 Å². The highest BCUT2D eigenvalue weighted by molar-refractivity contribution is 6.32. The van der Waals surface area contributed by atoms with Crippen molar-refractivity contribution < 1.29 is 9.84 Å². The summed E-state index contributed by atoms with van der Waals surface area (Å²) in [6.45, 7) is 0. The number of rotatable bonds is 3. The van der Waals surface area contributed by atoms with E-state index < -0.39 is 0 Å². The molecule has 23 heavy (non-hydrogen) atoms. The number of H-pyrrole nitrogens is 1. The zero-order valence-corrected chi connectivity index (χ0v) is 13.0. The molecule has 1 heterocycles. The molecule has 5 nitrogen and oxygen atoms in total. The lowest BCUT2D eigenvalue weighted by Gasteiger charge is -2.06. The number of nitrogens with zero attached hydrogens (tertiary/aromatic N) is 1. The van der Waals surface area contributed by atoms with Crippen molar-refractivity contribution in [2.45, 2.75) is 0 Å². The van der Waals surface area contributed by atoms with Crippen LogP contribution in [-0.2, 0) is 0 Å². The molecule has 0 spiro atoms. The summed E-state index contributed by atoms with van der Waals surface area (Å²) in [5.41, 5.74) is 1.13. The number of hydrogen-bond donors (Lipinski definition) is 2. The zero-order chi connectivity index (χ0) is 16.4. The van der Waals surface area contributed by atoms with E-state index in [1.54, 1.807) is 42.5 Å². The summed E-state index contributed by atoms with van der Waals surface area (Å²) in [6.07, 6.45) is 3.39. The van der Waals surface area contributed by atoms with Crippen molar-refractivity contribution in [3.63, 3.8) is 0 Å². The third kappa shape index (κ3) is 3.05. The lowest BCUT2D eigenvalue weighted by molar-refractivity contribution is 0.373. The first kappa shape index (κ1) is 15.1. The highest BCUT2D eigenvalue weighted by Gasteiger charge is 2.07. The Morgan fingerprint density at radius 1 is 1.26 bits per heavy atom. The second-order valence-corrected chi connectivity index (χ2v) is 5.26. The molecule has 0 fully saturated rings. The molecule has 1 aromatic heterocycles. The fraction of sp³-hybridized carbons (Fsp3) is 0.0588. The van der Waals surface area contributed by atoms with Gasteiger partial charge in [0, 0.05) is 0 Å². The third-order valence-corrected chi connectivity index (χ3v) is 3.62. The van der Waals surface area contributed by atoms with Crippen molar-refractivity contribution >= 4 is 34.7 Å². The molecule has 0 radical (unpaired) electrons. The topological polar surface area (TPSA) is 75.2 Å². The minimum absolute atomic E-state index is 0.108. The van der Waals surface area contributed by atoms with E-state index in [-0.39, 0.29) is 22.1 Å². The van der Waals surface area contributed by atoms with Crippen LogP contribution in [0.3, 0.4) is 0 Å². The highest BCUT2D eigenvalue weighted by Crippen LogP contribution is 2.35. The van der Waals surface area contributed by atoms with Crippen molar-refractivity contribution in [2.24, 2.45) is 0 Å². The maximum atomic E-state index is 12.0. The van der Waals surface area contributed by atoms with Crippen LogP contribution in [0.15, 0.2) is 41.2 Å². The van der Waals surface area contributed by atoms with Crippen LogP contribution in [0, 0.1) is 0 Å². The monoisotopic (exact) mass is 328 g/mol. The summed E-state index contributed by atoms with van der Waals surface area (Å²) in [5, 5.41) is 10.4. The van der Waals surface area contributed by atoms with Crippen LogP contribution in [0.25, 0.3) is 23.1 Å². The van der Waals surface area contributed by atoms with Crippen molar-refractivity contribution in [3.8, 4) is 11.5 Å². The average molecular weight is 329 g/mol. The first-order valence-corrected chi connectivity index (χ1v) is 7.20. The summed E-state index contributed by atoms with van der Waals surface area (Å²) in [5.74, 6) is 0.595. The van der Waals surface area contributed by atoms with Crippen molar-refractivity contribution in [1.29, 1.82) is 0 Å². The number of halogens is 1. The second kappa shape index (κ2) is 6.14. The van der Waals surface area contributed by atoms with Crippen molar-refractivity contribution in [1.82, 2.24) is 9.97 Å². The molecule has 0 unspecified atom stereocenters. The van der Waals surface area contributed by atoms with Gasteiger partial charge in [0.15, 0.2) is 11.5 Å². The zero-order valence-electron chi connectivity index (χ0n) is 12.2. The molecule has 0 amide bonds. The Labute approximate surface area is 136 Å². The van der Waals surface area contributed by atoms with E-state index in [2.05, 4.69) is 9.97 Å². The number of para-hydroxylation sites is 1. The van der Waals surface area contributed by atoms with Gasteiger partial charge in [0.2, 0.25) is 0 Å². The number of hydrogen-bond acceptors (Lipinski definition) is 4. The number of nitrogens with one attached hydrogen (secondary N) is 1. The van der Waals surface area contributed by atoms with Gasteiger partial charge in [-0.1, -0.05) is 29.8 Å². The first-order valence-electron chi connectivity index (χ1n) is 6.82. The van der Waals surface area contributed by atoms with Gasteiger partial charge in [-0.05, 0) is 35.9 Å². The molecule has 0 saturated carbocycles. The van der Waals surface area contributed by atoms with Gasteiger partial charge in [-0.25, -0.2) is 4.98 Å². The lowest BCUT2D eigenvalue weighted by atomic mass is 10.2. The molecule has 2 N–H and O–H groups in total. The van der Waals surface area contributed by atoms with Crippen molar-refractivity contribution in [3.05, 3.63) is 63.2 Å². The molecule has 0 aliphatic rings. The Morgan fingerprint density at radius 2 is 2.04 bits per heavy atom. The lowest BCUT2D eigenvalue weighted by Crippen LogP contribution is -2.09. The molecule has 0 aliphatic heterocycles. The van der Waals surface area contributed by atoms with E-state index >= 15 is 0 Å². The molecule has 2 aromatic carbocycles. The number of phenols is 1. The molecule has 116 valence electrons. The maximum absolute atomic E-state index is 12.0. The van der Waals surface area contributed by atoms with Gasteiger partial charge in [0.05, 0.1) is 23.0 Å². The fourth-order valence-electron chi connectivity index (χ4n) is 2.20. The molecule has 3 aromatic rings. The molecular formula is C17H13ClN2O3. The molecule has 0 saturated heterocycles. The van der Waals surface area contributed by atoms with Crippen LogP contribution in [0.1, 0.15) is 11.4 Å². The average Bonchev–Trinajstić information content (AvgIpc) is 2.56. The van der Waals surface area contributed by atoms with Gasteiger partial charge >= 0.3 is 0 Å². The number of methoxy groups -OCH3 is 1. The van der Waals surface area contributed by atoms with Gasteiger partial charge in [0.1, 0.15) is 5.82 Å². The fourth-order valence-corrected chi connectivity index (χ4v) is 2.42. The Bertz CT molecular complexity index is 964. The molecule has 0 bridgehead atoms.